The lowest BCUT2D eigenvalue weighted by Gasteiger charge is -2.19. The number of benzene rings is 4. The van der Waals surface area contributed by atoms with Gasteiger partial charge in [-0.2, -0.15) is 0 Å². The van der Waals surface area contributed by atoms with Gasteiger partial charge < -0.3 is 18.9 Å². The van der Waals surface area contributed by atoms with Gasteiger partial charge in [0.2, 0.25) is 0 Å². The molecule has 0 N–H and O–H groups in total. The van der Waals surface area contributed by atoms with Crippen LogP contribution < -0.4 is 18.9 Å². The lowest BCUT2D eigenvalue weighted by atomic mass is 9.85. The lowest BCUT2D eigenvalue weighted by molar-refractivity contribution is 0.304. The molecule has 4 nitrogen and oxygen atoms in total. The summed E-state index contributed by atoms with van der Waals surface area (Å²) in [5.41, 5.74) is 6.90. The molecular formula is C62H92O4. The lowest BCUT2D eigenvalue weighted by Crippen LogP contribution is -2.01. The van der Waals surface area contributed by atoms with E-state index >= 15 is 0 Å². The zero-order chi connectivity index (χ0) is 46.5. The molecule has 0 saturated heterocycles. The van der Waals surface area contributed by atoms with Crippen molar-refractivity contribution < 1.29 is 18.9 Å². The summed E-state index contributed by atoms with van der Waals surface area (Å²) < 4.78 is 25.2. The van der Waals surface area contributed by atoms with Crippen molar-refractivity contribution in [2.45, 2.75) is 207 Å². The van der Waals surface area contributed by atoms with Gasteiger partial charge >= 0.3 is 0 Å². The first-order chi connectivity index (χ1) is 32.7. The number of ether oxygens (including phenoxy) is 4. The molecule has 66 heavy (non-hydrogen) atoms. The van der Waals surface area contributed by atoms with Crippen LogP contribution in [0.3, 0.4) is 0 Å². The van der Waals surface area contributed by atoms with Crippen molar-refractivity contribution in [1.82, 2.24) is 0 Å². The zero-order valence-electron chi connectivity index (χ0n) is 42.5. The summed E-state index contributed by atoms with van der Waals surface area (Å²) in [6, 6.07) is 35.1. The van der Waals surface area contributed by atoms with E-state index in [1.54, 1.807) is 0 Å². The Morgan fingerprint density at radius 2 is 0.394 bits per heavy atom. The van der Waals surface area contributed by atoms with Gasteiger partial charge in [-0.1, -0.05) is 230 Å². The molecule has 4 heteroatoms. The summed E-state index contributed by atoms with van der Waals surface area (Å²) in [5, 5.41) is 0. The highest BCUT2D eigenvalue weighted by Crippen LogP contribution is 2.39. The summed E-state index contributed by atoms with van der Waals surface area (Å²) in [4.78, 5) is 0. The van der Waals surface area contributed by atoms with E-state index in [1.807, 2.05) is 0 Å². The predicted molar refractivity (Wildman–Crippen MR) is 285 cm³/mol. The molecule has 4 aromatic rings. The van der Waals surface area contributed by atoms with E-state index < -0.39 is 0 Å². The van der Waals surface area contributed by atoms with Gasteiger partial charge in [-0.3, -0.25) is 0 Å². The van der Waals surface area contributed by atoms with Crippen LogP contribution in [0.15, 0.2) is 97.1 Å². The summed E-state index contributed by atoms with van der Waals surface area (Å²) in [6.07, 6.45) is 35.7. The monoisotopic (exact) mass is 901 g/mol. The number of hydrogen-bond donors (Lipinski definition) is 0. The van der Waals surface area contributed by atoms with E-state index in [0.29, 0.717) is 0 Å². The van der Waals surface area contributed by atoms with Crippen LogP contribution in [0.25, 0.3) is 11.1 Å². The Bertz CT molecular complexity index is 1510. The Labute approximate surface area is 404 Å². The van der Waals surface area contributed by atoms with Gasteiger partial charge in [0.15, 0.2) is 0 Å². The largest absolute Gasteiger partial charge is 0.494 e. The normalized spacial score (nSPS) is 11.2. The van der Waals surface area contributed by atoms with Gasteiger partial charge in [0.1, 0.15) is 23.0 Å². The SMILES string of the molecule is CCCCCCCCCOc1ccc(C(=C(c2ccc(OCCCCCCCCC)cc2)c2ccc(OCCCCCCCCC)cc2)c2ccc(OCCCCCCCCC)cc2)cc1. The molecule has 0 unspecified atom stereocenters. The maximum Gasteiger partial charge on any atom is 0.119 e. The molecule has 0 radical (unpaired) electrons. The van der Waals surface area contributed by atoms with Crippen LogP contribution in [0.1, 0.15) is 230 Å². The summed E-state index contributed by atoms with van der Waals surface area (Å²) in [7, 11) is 0. The summed E-state index contributed by atoms with van der Waals surface area (Å²) >= 11 is 0. The van der Waals surface area contributed by atoms with Crippen molar-refractivity contribution in [3.8, 4) is 23.0 Å². The molecular weight excluding hydrogens is 809 g/mol. The van der Waals surface area contributed by atoms with Crippen LogP contribution in [-0.4, -0.2) is 26.4 Å². The average Bonchev–Trinajstić information content (AvgIpc) is 3.35. The minimum atomic E-state index is 0.752. The van der Waals surface area contributed by atoms with Crippen LogP contribution in [0.5, 0.6) is 23.0 Å². The van der Waals surface area contributed by atoms with Gasteiger partial charge in [-0.05, 0) is 108 Å². The first kappa shape index (κ1) is 54.4. The first-order valence-corrected chi connectivity index (χ1v) is 27.3. The second-order valence-corrected chi connectivity index (χ2v) is 18.7. The van der Waals surface area contributed by atoms with Gasteiger partial charge in [0.25, 0.3) is 0 Å². The van der Waals surface area contributed by atoms with E-state index in [9.17, 15) is 0 Å². The van der Waals surface area contributed by atoms with Crippen LogP contribution in [0, 0.1) is 0 Å². The maximum atomic E-state index is 6.30. The number of rotatable bonds is 40. The van der Waals surface area contributed by atoms with Crippen molar-refractivity contribution in [2.75, 3.05) is 26.4 Å². The Morgan fingerprint density at radius 1 is 0.227 bits per heavy atom. The highest BCUT2D eigenvalue weighted by atomic mass is 16.5. The molecule has 0 saturated carbocycles. The summed E-state index contributed by atoms with van der Waals surface area (Å²) in [5.74, 6) is 3.68. The first-order valence-electron chi connectivity index (χ1n) is 27.3. The van der Waals surface area contributed by atoms with Gasteiger partial charge in [0.05, 0.1) is 26.4 Å². The highest BCUT2D eigenvalue weighted by molar-refractivity contribution is 6.04. The fourth-order valence-corrected chi connectivity index (χ4v) is 8.78. The molecule has 364 valence electrons. The van der Waals surface area contributed by atoms with Crippen molar-refractivity contribution in [1.29, 1.82) is 0 Å². The van der Waals surface area contributed by atoms with E-state index in [-0.39, 0.29) is 0 Å². The standard InChI is InChI=1S/C62H92O4/c1-5-9-13-17-21-25-29-49-63-57-41-33-53(34-42-57)61(54-35-43-58(44-36-54)64-50-30-26-22-18-14-10-6-2)62(55-37-45-59(46-38-55)65-51-31-27-23-19-15-11-7-3)56-39-47-60(48-40-56)66-52-32-28-24-20-16-12-8-4/h33-48H,5-32,49-52H2,1-4H3. The number of hydrogen-bond acceptors (Lipinski definition) is 4. The number of unbranched alkanes of at least 4 members (excludes halogenated alkanes) is 24. The molecule has 0 heterocycles. The fraction of sp³-hybridized carbons (Fsp3) is 0.581. The highest BCUT2D eigenvalue weighted by Gasteiger charge is 2.18. The zero-order valence-corrected chi connectivity index (χ0v) is 42.5. The molecule has 4 rings (SSSR count). The quantitative estimate of drug-likeness (QED) is 0.0329. The molecule has 0 aromatic heterocycles. The average molecular weight is 901 g/mol. The molecule has 0 aliphatic heterocycles. The molecule has 0 aliphatic carbocycles. The van der Waals surface area contributed by atoms with Crippen molar-refractivity contribution in [3.05, 3.63) is 119 Å². The fourth-order valence-electron chi connectivity index (χ4n) is 8.78. The van der Waals surface area contributed by atoms with Gasteiger partial charge in [0, 0.05) is 0 Å². The van der Waals surface area contributed by atoms with Gasteiger partial charge in [-0.15, -0.1) is 0 Å². The predicted octanol–water partition coefficient (Wildman–Crippen LogP) is 19.2. The minimum absolute atomic E-state index is 0.752. The van der Waals surface area contributed by atoms with Crippen LogP contribution in [-0.2, 0) is 0 Å². The second kappa shape index (κ2) is 35.9. The van der Waals surface area contributed by atoms with E-state index in [2.05, 4.69) is 125 Å². The van der Waals surface area contributed by atoms with Crippen molar-refractivity contribution in [3.63, 3.8) is 0 Å². The Kier molecular flexibility index (Phi) is 29.6. The molecule has 0 spiro atoms. The van der Waals surface area contributed by atoms with Crippen molar-refractivity contribution in [2.24, 2.45) is 0 Å². The molecule has 0 amide bonds. The summed E-state index contributed by atoms with van der Waals surface area (Å²) in [6.45, 7) is 12.1. The third kappa shape index (κ3) is 22.5. The third-order valence-corrected chi connectivity index (χ3v) is 12.9. The van der Waals surface area contributed by atoms with E-state index in [4.69, 9.17) is 18.9 Å². The third-order valence-electron chi connectivity index (χ3n) is 12.9. The molecule has 0 aliphatic rings. The molecule has 0 atom stereocenters. The van der Waals surface area contributed by atoms with E-state index in [1.165, 1.54) is 165 Å². The molecule has 0 bridgehead atoms. The van der Waals surface area contributed by atoms with Crippen molar-refractivity contribution >= 4 is 11.1 Å². The van der Waals surface area contributed by atoms with Crippen LogP contribution >= 0.6 is 0 Å². The second-order valence-electron chi connectivity index (χ2n) is 18.7. The minimum Gasteiger partial charge on any atom is -0.494 e. The molecule has 4 aromatic carbocycles. The van der Waals surface area contributed by atoms with Crippen LogP contribution in [0.2, 0.25) is 0 Å². The topological polar surface area (TPSA) is 36.9 Å². The smallest absolute Gasteiger partial charge is 0.119 e. The van der Waals surface area contributed by atoms with Crippen LogP contribution in [0.4, 0.5) is 0 Å². The van der Waals surface area contributed by atoms with E-state index in [0.717, 1.165) is 97.4 Å². The Balaban J connectivity index is 1.60. The maximum absolute atomic E-state index is 6.30. The molecule has 0 fully saturated rings. The Hall–Kier alpha value is -4.18. The van der Waals surface area contributed by atoms with Gasteiger partial charge in [-0.25, -0.2) is 0 Å². The Morgan fingerprint density at radius 3 is 0.576 bits per heavy atom.